The molecular formula is C20H37N5OS. The van der Waals surface area contributed by atoms with Crippen molar-refractivity contribution in [3.05, 3.63) is 16.1 Å². The predicted molar refractivity (Wildman–Crippen MR) is 115 cm³/mol. The Labute approximate surface area is 168 Å². The summed E-state index contributed by atoms with van der Waals surface area (Å²) in [5.74, 6) is 1.50. The van der Waals surface area contributed by atoms with E-state index in [1.54, 1.807) is 11.3 Å². The highest BCUT2D eigenvalue weighted by molar-refractivity contribution is 7.09. The van der Waals surface area contributed by atoms with Crippen molar-refractivity contribution in [1.29, 1.82) is 0 Å². The second-order valence-electron chi connectivity index (χ2n) is 8.61. The van der Waals surface area contributed by atoms with Crippen LogP contribution < -0.4 is 10.6 Å². The summed E-state index contributed by atoms with van der Waals surface area (Å²) < 4.78 is 5.51. The Morgan fingerprint density at radius 1 is 1.30 bits per heavy atom. The van der Waals surface area contributed by atoms with Gasteiger partial charge in [0.05, 0.1) is 25.5 Å². The van der Waals surface area contributed by atoms with Crippen molar-refractivity contribution in [3.8, 4) is 0 Å². The van der Waals surface area contributed by atoms with Crippen LogP contribution in [0.15, 0.2) is 10.4 Å². The maximum absolute atomic E-state index is 5.51. The fraction of sp³-hybridized carbons (Fsp3) is 0.800. The molecule has 27 heavy (non-hydrogen) atoms. The topological polar surface area (TPSA) is 61.8 Å². The van der Waals surface area contributed by atoms with Crippen LogP contribution in [-0.2, 0) is 16.7 Å². The number of nitrogens with one attached hydrogen (secondary N) is 2. The lowest BCUT2D eigenvalue weighted by Gasteiger charge is -2.35. The monoisotopic (exact) mass is 395 g/mol. The molecule has 0 amide bonds. The van der Waals surface area contributed by atoms with Crippen molar-refractivity contribution in [2.24, 2.45) is 10.9 Å². The van der Waals surface area contributed by atoms with Crippen LogP contribution in [0.1, 0.15) is 51.7 Å². The van der Waals surface area contributed by atoms with Gasteiger partial charge in [0.15, 0.2) is 5.96 Å². The van der Waals surface area contributed by atoms with E-state index in [9.17, 15) is 0 Å². The SMILES string of the molecule is CN=C(NCc1nc(C(C)(C)C)cs1)NCC(CC(C)C)N1CCOCC1. The van der Waals surface area contributed by atoms with Gasteiger partial charge in [-0.2, -0.15) is 0 Å². The molecule has 6 nitrogen and oxygen atoms in total. The van der Waals surface area contributed by atoms with E-state index in [2.05, 4.69) is 60.5 Å². The van der Waals surface area contributed by atoms with Gasteiger partial charge in [0, 0.05) is 43.5 Å². The van der Waals surface area contributed by atoms with Gasteiger partial charge in [0.1, 0.15) is 5.01 Å². The van der Waals surface area contributed by atoms with Crippen molar-refractivity contribution in [3.63, 3.8) is 0 Å². The van der Waals surface area contributed by atoms with Crippen molar-refractivity contribution in [1.82, 2.24) is 20.5 Å². The highest BCUT2D eigenvalue weighted by Crippen LogP contribution is 2.23. The summed E-state index contributed by atoms with van der Waals surface area (Å²) in [5, 5.41) is 10.2. The highest BCUT2D eigenvalue weighted by atomic mass is 32.1. The molecule has 1 aliphatic rings. The first-order valence-corrected chi connectivity index (χ1v) is 10.9. The van der Waals surface area contributed by atoms with Gasteiger partial charge in [0.2, 0.25) is 0 Å². The van der Waals surface area contributed by atoms with E-state index >= 15 is 0 Å². The Balaban J connectivity index is 1.86. The standard InChI is InChI=1S/C20H37N5OS/c1-15(2)11-16(25-7-9-26-10-8-25)12-22-19(21-6)23-13-18-24-17(14-27-18)20(3,4)5/h14-16H,7-13H2,1-6H3,(H2,21,22,23). The van der Waals surface area contributed by atoms with Gasteiger partial charge in [-0.1, -0.05) is 34.6 Å². The highest BCUT2D eigenvalue weighted by Gasteiger charge is 2.22. The van der Waals surface area contributed by atoms with Gasteiger partial charge in [-0.05, 0) is 12.3 Å². The second-order valence-corrected chi connectivity index (χ2v) is 9.56. The Bertz CT molecular complexity index is 587. The molecule has 1 aliphatic heterocycles. The molecule has 0 saturated carbocycles. The first-order valence-electron chi connectivity index (χ1n) is 10.0. The molecule has 1 fully saturated rings. The molecule has 0 bridgehead atoms. The van der Waals surface area contributed by atoms with E-state index < -0.39 is 0 Å². The van der Waals surface area contributed by atoms with Crippen LogP contribution in [0.25, 0.3) is 0 Å². The molecule has 0 aliphatic carbocycles. The van der Waals surface area contributed by atoms with Crippen LogP contribution in [0.4, 0.5) is 0 Å². The van der Waals surface area contributed by atoms with Crippen LogP contribution >= 0.6 is 11.3 Å². The molecule has 1 unspecified atom stereocenters. The lowest BCUT2D eigenvalue weighted by Crippen LogP contribution is -2.50. The summed E-state index contributed by atoms with van der Waals surface area (Å²) >= 11 is 1.71. The number of aromatic nitrogens is 1. The Morgan fingerprint density at radius 2 is 2.00 bits per heavy atom. The molecule has 0 radical (unpaired) electrons. The summed E-state index contributed by atoms with van der Waals surface area (Å²) in [6.45, 7) is 16.4. The third-order valence-corrected chi connectivity index (χ3v) is 5.61. The molecule has 2 N–H and O–H groups in total. The van der Waals surface area contributed by atoms with Gasteiger partial charge < -0.3 is 15.4 Å². The largest absolute Gasteiger partial charge is 0.379 e. The van der Waals surface area contributed by atoms with Gasteiger partial charge in [-0.3, -0.25) is 9.89 Å². The van der Waals surface area contributed by atoms with Gasteiger partial charge in [-0.15, -0.1) is 11.3 Å². The number of thiazole rings is 1. The van der Waals surface area contributed by atoms with Crippen molar-refractivity contribution >= 4 is 17.3 Å². The molecule has 1 saturated heterocycles. The van der Waals surface area contributed by atoms with Crippen molar-refractivity contribution in [2.45, 2.75) is 59.0 Å². The summed E-state index contributed by atoms with van der Waals surface area (Å²) in [5.41, 5.74) is 1.24. The Morgan fingerprint density at radius 3 is 2.56 bits per heavy atom. The van der Waals surface area contributed by atoms with Crippen molar-refractivity contribution < 1.29 is 4.74 Å². The summed E-state index contributed by atoms with van der Waals surface area (Å²) in [6, 6.07) is 0.500. The lowest BCUT2D eigenvalue weighted by molar-refractivity contribution is 0.0132. The van der Waals surface area contributed by atoms with E-state index in [-0.39, 0.29) is 5.41 Å². The summed E-state index contributed by atoms with van der Waals surface area (Å²) in [7, 11) is 1.82. The molecule has 2 heterocycles. The molecule has 1 aromatic rings. The minimum Gasteiger partial charge on any atom is -0.379 e. The fourth-order valence-corrected chi connectivity index (χ4v) is 4.14. The van der Waals surface area contributed by atoms with E-state index in [0.717, 1.165) is 49.5 Å². The average Bonchev–Trinajstić information content (AvgIpc) is 3.10. The second kappa shape index (κ2) is 10.4. The zero-order chi connectivity index (χ0) is 19.9. The van der Waals surface area contributed by atoms with Crippen molar-refractivity contribution in [2.75, 3.05) is 39.9 Å². The molecule has 1 atom stereocenters. The molecule has 0 aromatic carbocycles. The smallest absolute Gasteiger partial charge is 0.191 e. The first kappa shape index (κ1) is 22.1. The van der Waals surface area contributed by atoms with Crippen LogP contribution in [0.2, 0.25) is 0 Å². The minimum atomic E-state index is 0.0941. The van der Waals surface area contributed by atoms with Crippen LogP contribution in [-0.4, -0.2) is 61.8 Å². The first-order chi connectivity index (χ1) is 12.8. The van der Waals surface area contributed by atoms with Gasteiger partial charge >= 0.3 is 0 Å². The van der Waals surface area contributed by atoms with E-state index in [1.807, 2.05) is 7.05 Å². The maximum Gasteiger partial charge on any atom is 0.191 e. The number of rotatable bonds is 7. The number of aliphatic imine (C=N–C) groups is 1. The number of ether oxygens (including phenoxy) is 1. The lowest BCUT2D eigenvalue weighted by atomic mass is 9.93. The third-order valence-electron chi connectivity index (χ3n) is 4.76. The van der Waals surface area contributed by atoms with Gasteiger partial charge in [0.25, 0.3) is 0 Å². The van der Waals surface area contributed by atoms with Crippen LogP contribution in [0.5, 0.6) is 0 Å². The molecule has 1 aromatic heterocycles. The molecule has 2 rings (SSSR count). The van der Waals surface area contributed by atoms with E-state index in [0.29, 0.717) is 18.5 Å². The zero-order valence-electron chi connectivity index (χ0n) is 17.8. The number of hydrogen-bond donors (Lipinski definition) is 2. The number of morpholine rings is 1. The molecule has 7 heteroatoms. The Kier molecular flexibility index (Phi) is 8.51. The van der Waals surface area contributed by atoms with Crippen LogP contribution in [0.3, 0.4) is 0 Å². The number of guanidine groups is 1. The quantitative estimate of drug-likeness (QED) is 0.549. The normalized spacial score (nSPS) is 18.0. The summed E-state index contributed by atoms with van der Waals surface area (Å²) in [6.07, 6.45) is 1.17. The van der Waals surface area contributed by atoms with E-state index in [4.69, 9.17) is 9.72 Å². The predicted octanol–water partition coefficient (Wildman–Crippen LogP) is 2.85. The Hall–Kier alpha value is -1.18. The molecule has 154 valence electrons. The third kappa shape index (κ3) is 7.39. The molecular weight excluding hydrogens is 358 g/mol. The summed E-state index contributed by atoms with van der Waals surface area (Å²) in [4.78, 5) is 11.7. The molecule has 0 spiro atoms. The minimum absolute atomic E-state index is 0.0941. The van der Waals surface area contributed by atoms with Crippen LogP contribution in [0, 0.1) is 5.92 Å². The average molecular weight is 396 g/mol. The number of nitrogens with zero attached hydrogens (tertiary/aromatic N) is 3. The van der Waals surface area contributed by atoms with Gasteiger partial charge in [-0.25, -0.2) is 4.98 Å². The van der Waals surface area contributed by atoms with E-state index in [1.165, 1.54) is 6.42 Å². The maximum atomic E-state index is 5.51. The zero-order valence-corrected chi connectivity index (χ0v) is 18.7. The number of hydrogen-bond acceptors (Lipinski definition) is 5. The fourth-order valence-electron chi connectivity index (χ4n) is 3.18.